The van der Waals surface area contributed by atoms with Gasteiger partial charge in [-0.3, -0.25) is 4.79 Å². The van der Waals surface area contributed by atoms with E-state index in [9.17, 15) is 4.79 Å². The van der Waals surface area contributed by atoms with Gasteiger partial charge in [-0.25, -0.2) is 0 Å². The van der Waals surface area contributed by atoms with Crippen LogP contribution in [-0.4, -0.2) is 5.91 Å². The number of nitrogens with one attached hydrogen (secondary N) is 1. The molecule has 0 fully saturated rings. The van der Waals surface area contributed by atoms with Gasteiger partial charge in [-0.15, -0.1) is 0 Å². The molecule has 0 aliphatic heterocycles. The van der Waals surface area contributed by atoms with Crippen LogP contribution in [0.3, 0.4) is 0 Å². The third-order valence-electron chi connectivity index (χ3n) is 2.65. The van der Waals surface area contributed by atoms with Gasteiger partial charge in [-0.1, -0.05) is 48.0 Å². The summed E-state index contributed by atoms with van der Waals surface area (Å²) in [6.45, 7) is 2.07. The molecule has 0 unspecified atom stereocenters. The maximum absolute atomic E-state index is 10.8. The van der Waals surface area contributed by atoms with Gasteiger partial charge in [0.05, 0.1) is 0 Å². The molecule has 0 aromatic heterocycles. The fourth-order valence-electron chi connectivity index (χ4n) is 1.71. The normalized spacial score (nSPS) is 10.1. The van der Waals surface area contributed by atoms with Crippen LogP contribution in [0.5, 0.6) is 0 Å². The second-order valence-corrected chi connectivity index (χ2v) is 4.55. The van der Waals surface area contributed by atoms with Gasteiger partial charge in [0.25, 0.3) is 0 Å². The van der Waals surface area contributed by atoms with E-state index in [-0.39, 0.29) is 5.91 Å². The van der Waals surface area contributed by atoms with Crippen LogP contribution < -0.4 is 5.32 Å². The SMILES string of the molecule is CC(=O)NCc1ccc(-c2cccc(Cl)c2)cc1. The van der Waals surface area contributed by atoms with Gasteiger partial charge in [0, 0.05) is 18.5 Å². The molecule has 0 aliphatic rings. The molecule has 2 aromatic rings. The maximum Gasteiger partial charge on any atom is 0.217 e. The van der Waals surface area contributed by atoms with E-state index in [1.165, 1.54) is 6.92 Å². The van der Waals surface area contributed by atoms with Gasteiger partial charge in [0.2, 0.25) is 5.91 Å². The smallest absolute Gasteiger partial charge is 0.217 e. The van der Waals surface area contributed by atoms with Gasteiger partial charge in [-0.05, 0) is 28.8 Å². The summed E-state index contributed by atoms with van der Waals surface area (Å²) < 4.78 is 0. The van der Waals surface area contributed by atoms with Crippen molar-refractivity contribution < 1.29 is 4.79 Å². The van der Waals surface area contributed by atoms with Crippen LogP contribution in [0, 0.1) is 0 Å². The van der Waals surface area contributed by atoms with Crippen molar-refractivity contribution in [3.05, 3.63) is 59.1 Å². The quantitative estimate of drug-likeness (QED) is 0.896. The average molecular weight is 260 g/mol. The van der Waals surface area contributed by atoms with E-state index in [2.05, 4.69) is 5.32 Å². The summed E-state index contributed by atoms with van der Waals surface area (Å²) in [6, 6.07) is 15.8. The molecule has 0 saturated heterocycles. The second kappa shape index (κ2) is 5.69. The number of hydrogen-bond donors (Lipinski definition) is 1. The minimum atomic E-state index is -0.0195. The Bertz CT molecular complexity index is 549. The zero-order valence-electron chi connectivity index (χ0n) is 10.1. The molecule has 0 radical (unpaired) electrons. The first-order valence-electron chi connectivity index (χ1n) is 5.74. The van der Waals surface area contributed by atoms with E-state index in [0.717, 1.165) is 21.7 Å². The molecule has 92 valence electrons. The predicted molar refractivity (Wildman–Crippen MR) is 74.4 cm³/mol. The lowest BCUT2D eigenvalue weighted by atomic mass is 10.0. The van der Waals surface area contributed by atoms with Crippen molar-refractivity contribution in [2.24, 2.45) is 0 Å². The van der Waals surface area contributed by atoms with Crippen LogP contribution in [0.1, 0.15) is 12.5 Å². The Morgan fingerprint density at radius 1 is 1.11 bits per heavy atom. The topological polar surface area (TPSA) is 29.1 Å². The lowest BCUT2D eigenvalue weighted by Gasteiger charge is -2.05. The Morgan fingerprint density at radius 2 is 1.83 bits per heavy atom. The molecular weight excluding hydrogens is 246 g/mol. The largest absolute Gasteiger partial charge is 0.352 e. The molecule has 0 spiro atoms. The monoisotopic (exact) mass is 259 g/mol. The van der Waals surface area contributed by atoms with E-state index < -0.39 is 0 Å². The highest BCUT2D eigenvalue weighted by molar-refractivity contribution is 6.30. The van der Waals surface area contributed by atoms with Crippen molar-refractivity contribution in [3.63, 3.8) is 0 Å². The Labute approximate surface area is 112 Å². The Morgan fingerprint density at radius 3 is 2.44 bits per heavy atom. The highest BCUT2D eigenvalue weighted by atomic mass is 35.5. The number of amides is 1. The molecule has 2 rings (SSSR count). The summed E-state index contributed by atoms with van der Waals surface area (Å²) in [5, 5.41) is 3.50. The predicted octanol–water partition coefficient (Wildman–Crippen LogP) is 3.64. The highest BCUT2D eigenvalue weighted by Crippen LogP contribution is 2.22. The summed E-state index contributed by atoms with van der Waals surface area (Å²) in [6.07, 6.45) is 0. The summed E-state index contributed by atoms with van der Waals surface area (Å²) in [5.74, 6) is -0.0195. The Hall–Kier alpha value is -1.80. The van der Waals surface area contributed by atoms with Crippen LogP contribution in [0.15, 0.2) is 48.5 Å². The van der Waals surface area contributed by atoms with Crippen LogP contribution in [0.25, 0.3) is 11.1 Å². The first-order chi connectivity index (χ1) is 8.65. The third-order valence-corrected chi connectivity index (χ3v) is 2.89. The van der Waals surface area contributed by atoms with E-state index in [1.807, 2.05) is 48.5 Å². The van der Waals surface area contributed by atoms with Gasteiger partial charge in [0.1, 0.15) is 0 Å². The first kappa shape index (κ1) is 12.7. The molecule has 0 bridgehead atoms. The Balaban J connectivity index is 2.14. The van der Waals surface area contributed by atoms with Crippen molar-refractivity contribution >= 4 is 17.5 Å². The summed E-state index contributed by atoms with van der Waals surface area (Å²) in [7, 11) is 0. The van der Waals surface area contributed by atoms with Crippen LogP contribution in [-0.2, 0) is 11.3 Å². The van der Waals surface area contributed by atoms with Crippen molar-refractivity contribution in [1.82, 2.24) is 5.32 Å². The highest BCUT2D eigenvalue weighted by Gasteiger charge is 1.99. The third kappa shape index (κ3) is 3.34. The molecule has 18 heavy (non-hydrogen) atoms. The van der Waals surface area contributed by atoms with Crippen molar-refractivity contribution in [3.8, 4) is 11.1 Å². The zero-order chi connectivity index (χ0) is 13.0. The van der Waals surface area contributed by atoms with Gasteiger partial charge < -0.3 is 5.32 Å². The van der Waals surface area contributed by atoms with E-state index >= 15 is 0 Å². The van der Waals surface area contributed by atoms with Crippen molar-refractivity contribution in [2.75, 3.05) is 0 Å². The molecule has 0 aliphatic carbocycles. The molecule has 0 atom stereocenters. The minimum Gasteiger partial charge on any atom is -0.352 e. The van der Waals surface area contributed by atoms with Crippen LogP contribution in [0.2, 0.25) is 5.02 Å². The fourth-order valence-corrected chi connectivity index (χ4v) is 1.90. The number of carbonyl (C=O) groups excluding carboxylic acids is 1. The minimum absolute atomic E-state index is 0.0195. The maximum atomic E-state index is 10.8. The molecule has 0 heterocycles. The standard InChI is InChI=1S/C15H14ClNO/c1-11(18)17-10-12-5-7-13(8-6-12)14-3-2-4-15(16)9-14/h2-9H,10H2,1H3,(H,17,18). The second-order valence-electron chi connectivity index (χ2n) is 4.12. The van der Waals surface area contributed by atoms with E-state index in [4.69, 9.17) is 11.6 Å². The van der Waals surface area contributed by atoms with Crippen molar-refractivity contribution in [1.29, 1.82) is 0 Å². The fraction of sp³-hybridized carbons (Fsp3) is 0.133. The number of benzene rings is 2. The number of hydrogen-bond acceptors (Lipinski definition) is 1. The van der Waals surface area contributed by atoms with Crippen molar-refractivity contribution in [2.45, 2.75) is 13.5 Å². The average Bonchev–Trinajstić information content (AvgIpc) is 2.37. The number of rotatable bonds is 3. The lowest BCUT2D eigenvalue weighted by Crippen LogP contribution is -2.18. The molecule has 2 nitrogen and oxygen atoms in total. The molecule has 3 heteroatoms. The molecule has 2 aromatic carbocycles. The summed E-state index contributed by atoms with van der Waals surface area (Å²) in [4.78, 5) is 10.8. The zero-order valence-corrected chi connectivity index (χ0v) is 10.9. The number of carbonyl (C=O) groups is 1. The van der Waals surface area contributed by atoms with Crippen LogP contribution >= 0.6 is 11.6 Å². The molecule has 0 saturated carbocycles. The van der Waals surface area contributed by atoms with Gasteiger partial charge in [-0.2, -0.15) is 0 Å². The molecular formula is C15H14ClNO. The first-order valence-corrected chi connectivity index (χ1v) is 6.12. The number of halogens is 1. The molecule has 1 N–H and O–H groups in total. The van der Waals surface area contributed by atoms with Gasteiger partial charge >= 0.3 is 0 Å². The Kier molecular flexibility index (Phi) is 4.00. The van der Waals surface area contributed by atoms with E-state index in [0.29, 0.717) is 6.54 Å². The lowest BCUT2D eigenvalue weighted by molar-refractivity contribution is -0.119. The van der Waals surface area contributed by atoms with Gasteiger partial charge in [0.15, 0.2) is 0 Å². The summed E-state index contributed by atoms with van der Waals surface area (Å²) in [5.41, 5.74) is 3.29. The summed E-state index contributed by atoms with van der Waals surface area (Å²) >= 11 is 5.96. The van der Waals surface area contributed by atoms with E-state index in [1.54, 1.807) is 0 Å². The van der Waals surface area contributed by atoms with Crippen LogP contribution in [0.4, 0.5) is 0 Å². The molecule has 1 amide bonds.